The minimum Gasteiger partial charge on any atom is -0.484 e. The number of rotatable bonds is 4. The molecule has 106 valence electrons. The van der Waals surface area contributed by atoms with E-state index in [1.165, 1.54) is 0 Å². The lowest BCUT2D eigenvalue weighted by Gasteiger charge is -2.03. The maximum absolute atomic E-state index is 5.68. The zero-order valence-corrected chi connectivity index (χ0v) is 12.6. The molecule has 0 amide bonds. The highest BCUT2D eigenvalue weighted by Gasteiger charge is 2.09. The lowest BCUT2D eigenvalue weighted by atomic mass is 10.2. The molecule has 0 spiro atoms. The first kappa shape index (κ1) is 13.6. The molecule has 0 saturated carbocycles. The molecule has 0 bridgehead atoms. The van der Waals surface area contributed by atoms with Gasteiger partial charge in [-0.3, -0.25) is 0 Å². The summed E-state index contributed by atoms with van der Waals surface area (Å²) in [6.45, 7) is 0.201. The molecular weight excluding hydrogens is 334 g/mol. The van der Waals surface area contributed by atoms with Crippen LogP contribution in [0, 0.1) is 0 Å². The number of nitrogens with zero attached hydrogens (tertiary/aromatic N) is 2. The van der Waals surface area contributed by atoms with Gasteiger partial charge in [-0.1, -0.05) is 27.2 Å². The second kappa shape index (κ2) is 5.97. The number of hydrogen-bond donors (Lipinski definition) is 1. The second-order valence-electron chi connectivity index (χ2n) is 4.38. The standard InChI is InChI=1S/C15H12BrN3O2/c16-11-6-4-10(5-7-11)15-18-14(21-19-15)9-20-13-3-1-2-12(17)8-13/h1-8H,9,17H2. The van der Waals surface area contributed by atoms with Crippen molar-refractivity contribution >= 4 is 21.6 Å². The van der Waals surface area contributed by atoms with Crippen LogP contribution in [0.1, 0.15) is 5.89 Å². The molecule has 0 unspecified atom stereocenters. The molecule has 1 aromatic heterocycles. The van der Waals surface area contributed by atoms with Crippen molar-refractivity contribution in [2.75, 3.05) is 5.73 Å². The van der Waals surface area contributed by atoms with E-state index >= 15 is 0 Å². The Labute approximate surface area is 129 Å². The summed E-state index contributed by atoms with van der Waals surface area (Å²) in [7, 11) is 0. The van der Waals surface area contributed by atoms with E-state index in [4.69, 9.17) is 15.0 Å². The summed E-state index contributed by atoms with van der Waals surface area (Å²) in [6.07, 6.45) is 0. The first-order valence-electron chi connectivity index (χ1n) is 6.27. The molecule has 5 nitrogen and oxygen atoms in total. The van der Waals surface area contributed by atoms with Gasteiger partial charge in [-0.05, 0) is 36.4 Å². The van der Waals surface area contributed by atoms with E-state index in [2.05, 4.69) is 26.1 Å². The van der Waals surface area contributed by atoms with Gasteiger partial charge in [0.25, 0.3) is 5.89 Å². The Bertz CT molecular complexity index is 741. The van der Waals surface area contributed by atoms with Crippen molar-refractivity contribution in [3.8, 4) is 17.1 Å². The van der Waals surface area contributed by atoms with Crippen LogP contribution >= 0.6 is 15.9 Å². The Morgan fingerprint density at radius 3 is 2.71 bits per heavy atom. The van der Waals surface area contributed by atoms with Gasteiger partial charge in [-0.2, -0.15) is 4.98 Å². The average Bonchev–Trinajstić information content (AvgIpc) is 2.95. The maximum Gasteiger partial charge on any atom is 0.264 e. The fourth-order valence-electron chi connectivity index (χ4n) is 1.78. The highest BCUT2D eigenvalue weighted by atomic mass is 79.9. The Morgan fingerprint density at radius 2 is 1.95 bits per heavy atom. The first-order chi connectivity index (χ1) is 10.2. The Morgan fingerprint density at radius 1 is 1.14 bits per heavy atom. The third kappa shape index (κ3) is 3.41. The monoisotopic (exact) mass is 345 g/mol. The molecule has 2 N–H and O–H groups in total. The largest absolute Gasteiger partial charge is 0.484 e. The SMILES string of the molecule is Nc1cccc(OCc2nc(-c3ccc(Br)cc3)no2)c1. The van der Waals surface area contributed by atoms with E-state index in [-0.39, 0.29) is 6.61 Å². The molecule has 0 saturated heterocycles. The van der Waals surface area contributed by atoms with Crippen LogP contribution in [0.2, 0.25) is 0 Å². The van der Waals surface area contributed by atoms with Crippen molar-refractivity contribution in [1.82, 2.24) is 10.1 Å². The molecule has 0 radical (unpaired) electrons. The summed E-state index contributed by atoms with van der Waals surface area (Å²) >= 11 is 3.39. The van der Waals surface area contributed by atoms with Crippen molar-refractivity contribution < 1.29 is 9.26 Å². The minimum absolute atomic E-state index is 0.201. The lowest BCUT2D eigenvalue weighted by molar-refractivity contribution is 0.243. The van der Waals surface area contributed by atoms with Crippen LogP contribution < -0.4 is 10.5 Å². The highest BCUT2D eigenvalue weighted by molar-refractivity contribution is 9.10. The minimum atomic E-state index is 0.201. The van der Waals surface area contributed by atoms with Gasteiger partial charge in [0.15, 0.2) is 6.61 Å². The smallest absolute Gasteiger partial charge is 0.264 e. The molecule has 6 heteroatoms. The number of anilines is 1. The van der Waals surface area contributed by atoms with Crippen LogP contribution in [0.4, 0.5) is 5.69 Å². The van der Waals surface area contributed by atoms with E-state index < -0.39 is 0 Å². The zero-order chi connectivity index (χ0) is 14.7. The summed E-state index contributed by atoms with van der Waals surface area (Å²) in [6, 6.07) is 14.9. The molecule has 0 aliphatic carbocycles. The van der Waals surface area contributed by atoms with Gasteiger partial charge in [-0.25, -0.2) is 0 Å². The number of nitrogen functional groups attached to an aromatic ring is 1. The molecule has 1 heterocycles. The quantitative estimate of drug-likeness (QED) is 0.730. The van der Waals surface area contributed by atoms with Crippen molar-refractivity contribution in [2.24, 2.45) is 0 Å². The second-order valence-corrected chi connectivity index (χ2v) is 5.30. The van der Waals surface area contributed by atoms with Crippen molar-refractivity contribution in [3.05, 3.63) is 58.9 Å². The van der Waals surface area contributed by atoms with E-state index in [0.29, 0.717) is 23.2 Å². The van der Waals surface area contributed by atoms with Gasteiger partial charge in [0.2, 0.25) is 5.82 Å². The van der Waals surface area contributed by atoms with Crippen molar-refractivity contribution in [1.29, 1.82) is 0 Å². The third-order valence-electron chi connectivity index (χ3n) is 2.79. The van der Waals surface area contributed by atoms with E-state index in [1.807, 2.05) is 36.4 Å². The fourth-order valence-corrected chi connectivity index (χ4v) is 2.04. The molecule has 3 rings (SSSR count). The fraction of sp³-hybridized carbons (Fsp3) is 0.0667. The Kier molecular flexibility index (Phi) is 3.87. The van der Waals surface area contributed by atoms with Gasteiger partial charge >= 0.3 is 0 Å². The van der Waals surface area contributed by atoms with E-state index in [9.17, 15) is 0 Å². The van der Waals surface area contributed by atoms with Gasteiger partial charge in [0, 0.05) is 21.8 Å². The van der Waals surface area contributed by atoms with Gasteiger partial charge < -0.3 is 15.0 Å². The van der Waals surface area contributed by atoms with Gasteiger partial charge in [-0.15, -0.1) is 0 Å². The predicted molar refractivity (Wildman–Crippen MR) is 82.6 cm³/mol. The van der Waals surface area contributed by atoms with E-state index in [0.717, 1.165) is 10.0 Å². The molecule has 3 aromatic rings. The van der Waals surface area contributed by atoms with Crippen molar-refractivity contribution in [2.45, 2.75) is 6.61 Å². The van der Waals surface area contributed by atoms with Crippen LogP contribution in [0.5, 0.6) is 5.75 Å². The summed E-state index contributed by atoms with van der Waals surface area (Å²) in [4.78, 5) is 4.30. The van der Waals surface area contributed by atoms with Crippen LogP contribution in [0.15, 0.2) is 57.5 Å². The molecule has 0 atom stereocenters. The van der Waals surface area contributed by atoms with Gasteiger partial charge in [0.05, 0.1) is 0 Å². The van der Waals surface area contributed by atoms with Gasteiger partial charge in [0.1, 0.15) is 5.75 Å². The number of ether oxygens (including phenoxy) is 1. The Hall–Kier alpha value is -2.34. The van der Waals surface area contributed by atoms with Crippen LogP contribution in [0.25, 0.3) is 11.4 Å². The average molecular weight is 346 g/mol. The van der Waals surface area contributed by atoms with Crippen LogP contribution in [-0.2, 0) is 6.61 Å². The Balaban J connectivity index is 1.69. The first-order valence-corrected chi connectivity index (χ1v) is 7.07. The zero-order valence-electron chi connectivity index (χ0n) is 11.0. The number of aromatic nitrogens is 2. The summed E-state index contributed by atoms with van der Waals surface area (Å²) in [5, 5.41) is 3.94. The number of nitrogens with two attached hydrogens (primary N) is 1. The molecular formula is C15H12BrN3O2. The van der Waals surface area contributed by atoms with Crippen LogP contribution in [0.3, 0.4) is 0 Å². The highest BCUT2D eigenvalue weighted by Crippen LogP contribution is 2.20. The number of hydrogen-bond acceptors (Lipinski definition) is 5. The normalized spacial score (nSPS) is 10.5. The number of halogens is 1. The molecule has 2 aromatic carbocycles. The molecule has 0 fully saturated rings. The molecule has 21 heavy (non-hydrogen) atoms. The van der Waals surface area contributed by atoms with E-state index in [1.54, 1.807) is 12.1 Å². The number of benzene rings is 2. The predicted octanol–water partition coefficient (Wildman–Crippen LogP) is 3.66. The summed E-state index contributed by atoms with van der Waals surface area (Å²) in [5.74, 6) is 1.61. The van der Waals surface area contributed by atoms with Crippen LogP contribution in [-0.4, -0.2) is 10.1 Å². The summed E-state index contributed by atoms with van der Waals surface area (Å²) < 4.78 is 11.7. The third-order valence-corrected chi connectivity index (χ3v) is 3.32. The molecule has 0 aliphatic rings. The van der Waals surface area contributed by atoms with Crippen molar-refractivity contribution in [3.63, 3.8) is 0 Å². The summed E-state index contributed by atoms with van der Waals surface area (Å²) in [5.41, 5.74) is 7.22. The molecule has 0 aliphatic heterocycles. The topological polar surface area (TPSA) is 74.2 Å². The lowest BCUT2D eigenvalue weighted by Crippen LogP contribution is -1.96. The maximum atomic E-state index is 5.68.